The van der Waals surface area contributed by atoms with E-state index in [2.05, 4.69) is 72.0 Å². The van der Waals surface area contributed by atoms with E-state index in [4.69, 9.17) is 15.2 Å². The molecule has 0 bridgehead atoms. The van der Waals surface area contributed by atoms with Gasteiger partial charge in [-0.05, 0) is 78.0 Å². The molecule has 6 rings (SSSR count). The molecule has 0 unspecified atom stereocenters. The van der Waals surface area contributed by atoms with Crippen molar-refractivity contribution in [3.63, 3.8) is 0 Å². The van der Waals surface area contributed by atoms with Crippen LogP contribution in [0, 0.1) is 0 Å². The highest BCUT2D eigenvalue weighted by atomic mass is 16.7. The fourth-order valence-corrected chi connectivity index (χ4v) is 6.71. The van der Waals surface area contributed by atoms with Gasteiger partial charge in [-0.2, -0.15) is 0 Å². The van der Waals surface area contributed by atoms with Gasteiger partial charge in [0.25, 0.3) is 0 Å². The van der Waals surface area contributed by atoms with Gasteiger partial charge in [0, 0.05) is 44.0 Å². The van der Waals surface area contributed by atoms with Gasteiger partial charge in [-0.3, -0.25) is 14.5 Å². The highest BCUT2D eigenvalue weighted by Crippen LogP contribution is 2.39. The number of likely N-dealkylation sites (N-methyl/N-ethyl adjacent to an activating group) is 1. The fraction of sp³-hybridized carbons (Fsp3) is 0.318. The standard InChI is InChI=1S/C44H50N4O5/c1-30(36-24-23-33-9-3-4-10-37(33)25-36)48(2)28-38-26-41(34-19-17-32(29-49)18-20-34)53-44(52-38)35-21-15-31(16-22-35)27-46-42(50)13-7-8-14-43(51)47-40-12-6-5-11-39(40)45/h3-6,9-12,15-25,30,38,41,44,49H,7-8,13-14,26-29,45H2,1-2H3,(H,46,50)(H,47,51)/t30-,38-,41+,44+/m1/s1. The summed E-state index contributed by atoms with van der Waals surface area (Å²) in [5, 5.41) is 17.9. The van der Waals surface area contributed by atoms with Crippen LogP contribution in [0.4, 0.5) is 11.4 Å². The summed E-state index contributed by atoms with van der Waals surface area (Å²) in [5.41, 5.74) is 12.1. The highest BCUT2D eigenvalue weighted by molar-refractivity contribution is 5.93. The van der Waals surface area contributed by atoms with Gasteiger partial charge in [-0.25, -0.2) is 0 Å². The summed E-state index contributed by atoms with van der Waals surface area (Å²) >= 11 is 0. The topological polar surface area (TPSA) is 126 Å². The number of aliphatic hydroxyl groups is 1. The van der Waals surface area contributed by atoms with E-state index in [1.165, 1.54) is 16.3 Å². The summed E-state index contributed by atoms with van der Waals surface area (Å²) in [6.07, 6.45) is 1.74. The van der Waals surface area contributed by atoms with Crippen molar-refractivity contribution >= 4 is 34.0 Å². The largest absolute Gasteiger partial charge is 0.397 e. The first-order valence-corrected chi connectivity index (χ1v) is 18.4. The molecule has 276 valence electrons. The molecule has 1 heterocycles. The molecule has 5 N–H and O–H groups in total. The summed E-state index contributed by atoms with van der Waals surface area (Å²) in [4.78, 5) is 27.2. The van der Waals surface area contributed by atoms with Gasteiger partial charge in [0.2, 0.25) is 11.8 Å². The number of hydrogen-bond acceptors (Lipinski definition) is 7. The molecule has 53 heavy (non-hydrogen) atoms. The van der Waals surface area contributed by atoms with Crippen molar-refractivity contribution in [2.24, 2.45) is 0 Å². The minimum atomic E-state index is -0.570. The zero-order chi connectivity index (χ0) is 37.2. The molecule has 5 aromatic rings. The molecule has 0 saturated carbocycles. The lowest BCUT2D eigenvalue weighted by atomic mass is 9.98. The van der Waals surface area contributed by atoms with Crippen LogP contribution >= 0.6 is 0 Å². The van der Waals surface area contributed by atoms with Crippen LogP contribution in [-0.2, 0) is 32.2 Å². The monoisotopic (exact) mass is 714 g/mol. The number of unbranched alkanes of at least 4 members (excludes halogenated alkanes) is 1. The number of anilines is 2. The van der Waals surface area contributed by atoms with Gasteiger partial charge in [-0.15, -0.1) is 0 Å². The molecule has 0 aromatic heterocycles. The SMILES string of the molecule is C[C@H](c1ccc2ccccc2c1)N(C)C[C@H]1C[C@@H](c2ccc(CO)cc2)O[C@@H](c2ccc(CNC(=O)CCCCC(=O)Nc3ccccc3N)cc2)O1. The molecular formula is C44H50N4O5. The Balaban J connectivity index is 1.03. The number of ether oxygens (including phenoxy) is 2. The number of nitrogen functional groups attached to an aromatic ring is 1. The minimum Gasteiger partial charge on any atom is -0.397 e. The zero-order valence-corrected chi connectivity index (χ0v) is 30.5. The summed E-state index contributed by atoms with van der Waals surface area (Å²) in [6, 6.07) is 38.3. The van der Waals surface area contributed by atoms with Crippen LogP contribution in [0.15, 0.2) is 115 Å². The first-order valence-electron chi connectivity index (χ1n) is 18.4. The van der Waals surface area contributed by atoms with Crippen LogP contribution in [0.5, 0.6) is 0 Å². The maximum atomic E-state index is 12.6. The Kier molecular flexibility index (Phi) is 12.9. The smallest absolute Gasteiger partial charge is 0.224 e. The van der Waals surface area contributed by atoms with Crippen LogP contribution in [0.1, 0.15) is 85.3 Å². The van der Waals surface area contributed by atoms with Gasteiger partial charge in [0.1, 0.15) is 0 Å². The molecule has 0 aliphatic carbocycles. The second-order valence-corrected chi connectivity index (χ2v) is 13.9. The Bertz CT molecular complexity index is 1970. The van der Waals surface area contributed by atoms with Gasteiger partial charge < -0.3 is 30.9 Å². The minimum absolute atomic E-state index is 0.00536. The number of nitrogens with zero attached hydrogens (tertiary/aromatic N) is 1. The van der Waals surface area contributed by atoms with Crippen LogP contribution in [0.2, 0.25) is 0 Å². The molecule has 5 aromatic carbocycles. The normalized spacial score (nSPS) is 17.8. The summed E-state index contributed by atoms with van der Waals surface area (Å²) in [5.74, 6) is -0.171. The maximum Gasteiger partial charge on any atom is 0.224 e. The molecule has 1 aliphatic rings. The number of aliphatic hydroxyl groups excluding tert-OH is 1. The van der Waals surface area contributed by atoms with Gasteiger partial charge in [0.15, 0.2) is 6.29 Å². The van der Waals surface area contributed by atoms with E-state index in [1.807, 2.05) is 60.7 Å². The molecule has 4 atom stereocenters. The van der Waals surface area contributed by atoms with Gasteiger partial charge in [0.05, 0.1) is 30.2 Å². The second-order valence-electron chi connectivity index (χ2n) is 13.9. The number of amides is 2. The van der Waals surface area contributed by atoms with Crippen molar-refractivity contribution in [2.45, 2.75) is 76.7 Å². The number of carbonyl (C=O) groups is 2. The van der Waals surface area contributed by atoms with Gasteiger partial charge in [-0.1, -0.05) is 97.1 Å². The first kappa shape index (κ1) is 37.7. The fourth-order valence-electron chi connectivity index (χ4n) is 6.71. The van der Waals surface area contributed by atoms with E-state index in [0.717, 1.165) is 28.8 Å². The van der Waals surface area contributed by atoms with Crippen molar-refractivity contribution in [3.8, 4) is 0 Å². The average Bonchev–Trinajstić information content (AvgIpc) is 3.19. The van der Waals surface area contributed by atoms with Crippen molar-refractivity contribution in [1.82, 2.24) is 10.2 Å². The van der Waals surface area contributed by atoms with Crippen LogP contribution in [-0.4, -0.2) is 41.5 Å². The summed E-state index contributed by atoms with van der Waals surface area (Å²) in [7, 11) is 2.14. The summed E-state index contributed by atoms with van der Waals surface area (Å²) in [6.45, 7) is 3.34. The van der Waals surface area contributed by atoms with Crippen LogP contribution in [0.3, 0.4) is 0 Å². The van der Waals surface area contributed by atoms with Crippen LogP contribution < -0.4 is 16.4 Å². The Morgan fingerprint density at radius 3 is 2.21 bits per heavy atom. The number of carbonyl (C=O) groups excluding carboxylic acids is 2. The quantitative estimate of drug-likeness (QED) is 0.0640. The molecule has 0 radical (unpaired) electrons. The predicted molar refractivity (Wildman–Crippen MR) is 210 cm³/mol. The predicted octanol–water partition coefficient (Wildman–Crippen LogP) is 7.97. The number of hydrogen-bond donors (Lipinski definition) is 4. The van der Waals surface area contributed by atoms with Crippen molar-refractivity contribution < 1.29 is 24.2 Å². The van der Waals surface area contributed by atoms with E-state index < -0.39 is 6.29 Å². The molecule has 9 nitrogen and oxygen atoms in total. The second kappa shape index (κ2) is 18.1. The number of para-hydroxylation sites is 2. The average molecular weight is 715 g/mol. The van der Waals surface area contributed by atoms with E-state index >= 15 is 0 Å². The van der Waals surface area contributed by atoms with Crippen LogP contribution in [0.25, 0.3) is 10.8 Å². The van der Waals surface area contributed by atoms with E-state index in [9.17, 15) is 14.7 Å². The number of rotatable bonds is 15. The molecular weight excluding hydrogens is 665 g/mol. The maximum absolute atomic E-state index is 12.6. The third-order valence-electron chi connectivity index (χ3n) is 10.1. The molecule has 0 spiro atoms. The Labute approximate surface area is 312 Å². The van der Waals surface area contributed by atoms with E-state index in [-0.39, 0.29) is 36.7 Å². The zero-order valence-electron chi connectivity index (χ0n) is 30.5. The number of benzene rings is 5. The molecule has 2 amide bonds. The third-order valence-corrected chi connectivity index (χ3v) is 10.1. The van der Waals surface area contributed by atoms with Crippen molar-refractivity contribution in [2.75, 3.05) is 24.6 Å². The first-order chi connectivity index (χ1) is 25.7. The van der Waals surface area contributed by atoms with Crippen molar-refractivity contribution in [3.05, 3.63) is 143 Å². The lowest BCUT2D eigenvalue weighted by Crippen LogP contribution is -2.38. The third kappa shape index (κ3) is 10.3. The highest BCUT2D eigenvalue weighted by Gasteiger charge is 2.33. The van der Waals surface area contributed by atoms with E-state index in [1.54, 1.807) is 12.1 Å². The Morgan fingerprint density at radius 1 is 0.811 bits per heavy atom. The van der Waals surface area contributed by atoms with Gasteiger partial charge >= 0.3 is 0 Å². The van der Waals surface area contributed by atoms with Crippen molar-refractivity contribution in [1.29, 1.82) is 0 Å². The molecule has 1 fully saturated rings. The summed E-state index contributed by atoms with van der Waals surface area (Å²) < 4.78 is 13.2. The number of fused-ring (bicyclic) bond motifs is 1. The lowest BCUT2D eigenvalue weighted by Gasteiger charge is -2.39. The van der Waals surface area contributed by atoms with E-state index in [0.29, 0.717) is 50.0 Å². The number of nitrogens with one attached hydrogen (secondary N) is 2. The number of nitrogens with two attached hydrogens (primary N) is 1. The molecule has 1 aliphatic heterocycles. The molecule has 1 saturated heterocycles. The lowest BCUT2D eigenvalue weighted by molar-refractivity contribution is -0.253. The Hall–Kier alpha value is -5.06. The molecule has 9 heteroatoms. The Morgan fingerprint density at radius 2 is 1.47 bits per heavy atom.